The standard InChI is InChI=1S/C13H20O2/c1-9(2)11-5-12(10(3)8-14)7-13(6-11)15-4/h5-7,9-10,14H,8H2,1-4H3. The molecule has 0 amide bonds. The summed E-state index contributed by atoms with van der Waals surface area (Å²) in [5.41, 5.74) is 2.39. The molecule has 2 heteroatoms. The number of benzene rings is 1. The van der Waals surface area contributed by atoms with E-state index in [1.165, 1.54) is 5.56 Å². The zero-order valence-corrected chi connectivity index (χ0v) is 9.95. The predicted octanol–water partition coefficient (Wildman–Crippen LogP) is 2.91. The van der Waals surface area contributed by atoms with E-state index < -0.39 is 0 Å². The molecule has 15 heavy (non-hydrogen) atoms. The van der Waals surface area contributed by atoms with Gasteiger partial charge in [-0.1, -0.05) is 26.8 Å². The number of aliphatic hydroxyl groups is 1. The summed E-state index contributed by atoms with van der Waals surface area (Å²) in [5, 5.41) is 9.14. The Balaban J connectivity index is 3.11. The maximum absolute atomic E-state index is 9.14. The van der Waals surface area contributed by atoms with E-state index in [9.17, 15) is 0 Å². The lowest BCUT2D eigenvalue weighted by Gasteiger charge is -2.14. The van der Waals surface area contributed by atoms with Crippen LogP contribution in [0, 0.1) is 0 Å². The van der Waals surface area contributed by atoms with Crippen molar-refractivity contribution in [1.82, 2.24) is 0 Å². The minimum atomic E-state index is 0.164. The number of aliphatic hydroxyl groups excluding tert-OH is 1. The Morgan fingerprint density at radius 3 is 2.20 bits per heavy atom. The van der Waals surface area contributed by atoms with Gasteiger partial charge in [-0.05, 0) is 29.2 Å². The molecule has 84 valence electrons. The maximum atomic E-state index is 9.14. The van der Waals surface area contributed by atoms with Crippen molar-refractivity contribution in [2.24, 2.45) is 0 Å². The lowest BCUT2D eigenvalue weighted by atomic mass is 9.95. The average molecular weight is 208 g/mol. The molecule has 0 aliphatic rings. The number of hydrogen-bond acceptors (Lipinski definition) is 2. The summed E-state index contributed by atoms with van der Waals surface area (Å²) in [6, 6.07) is 6.19. The van der Waals surface area contributed by atoms with E-state index in [0.717, 1.165) is 11.3 Å². The van der Waals surface area contributed by atoms with Gasteiger partial charge in [-0.25, -0.2) is 0 Å². The second-order valence-electron chi connectivity index (χ2n) is 4.28. The fraction of sp³-hybridized carbons (Fsp3) is 0.538. The van der Waals surface area contributed by atoms with Crippen LogP contribution < -0.4 is 4.74 Å². The zero-order chi connectivity index (χ0) is 11.4. The van der Waals surface area contributed by atoms with Crippen molar-refractivity contribution in [3.05, 3.63) is 29.3 Å². The van der Waals surface area contributed by atoms with Gasteiger partial charge in [0.25, 0.3) is 0 Å². The van der Waals surface area contributed by atoms with Crippen LogP contribution in [0.2, 0.25) is 0 Å². The Morgan fingerprint density at radius 1 is 1.13 bits per heavy atom. The number of rotatable bonds is 4. The molecule has 0 spiro atoms. The first-order valence-electron chi connectivity index (χ1n) is 5.38. The number of methoxy groups -OCH3 is 1. The molecule has 0 aromatic heterocycles. The largest absolute Gasteiger partial charge is 0.497 e. The minimum absolute atomic E-state index is 0.164. The van der Waals surface area contributed by atoms with E-state index in [0.29, 0.717) is 5.92 Å². The molecule has 0 aliphatic heterocycles. The van der Waals surface area contributed by atoms with Gasteiger partial charge >= 0.3 is 0 Å². The molecule has 1 unspecified atom stereocenters. The topological polar surface area (TPSA) is 29.5 Å². The summed E-state index contributed by atoms with van der Waals surface area (Å²) < 4.78 is 5.26. The second kappa shape index (κ2) is 5.17. The summed E-state index contributed by atoms with van der Waals surface area (Å²) in [7, 11) is 1.67. The Hall–Kier alpha value is -1.02. The molecule has 2 nitrogen and oxygen atoms in total. The third kappa shape index (κ3) is 2.96. The van der Waals surface area contributed by atoms with E-state index in [2.05, 4.69) is 26.0 Å². The van der Waals surface area contributed by atoms with Crippen LogP contribution >= 0.6 is 0 Å². The predicted molar refractivity (Wildman–Crippen MR) is 62.6 cm³/mol. The van der Waals surface area contributed by atoms with E-state index in [4.69, 9.17) is 9.84 Å². The lowest BCUT2D eigenvalue weighted by molar-refractivity contribution is 0.272. The fourth-order valence-electron chi connectivity index (χ4n) is 1.49. The summed E-state index contributed by atoms with van der Waals surface area (Å²) >= 11 is 0. The minimum Gasteiger partial charge on any atom is -0.497 e. The highest BCUT2D eigenvalue weighted by Gasteiger charge is 2.09. The summed E-state index contributed by atoms with van der Waals surface area (Å²) in [4.78, 5) is 0. The molecule has 1 aromatic carbocycles. The van der Waals surface area contributed by atoms with Gasteiger partial charge in [-0.3, -0.25) is 0 Å². The molecular weight excluding hydrogens is 188 g/mol. The van der Waals surface area contributed by atoms with E-state index >= 15 is 0 Å². The van der Waals surface area contributed by atoms with Crippen molar-refractivity contribution >= 4 is 0 Å². The van der Waals surface area contributed by atoms with E-state index in [1.807, 2.05) is 13.0 Å². The van der Waals surface area contributed by atoms with Gasteiger partial charge < -0.3 is 9.84 Å². The van der Waals surface area contributed by atoms with Crippen molar-refractivity contribution in [2.45, 2.75) is 32.6 Å². The molecule has 0 heterocycles. The van der Waals surface area contributed by atoms with Crippen molar-refractivity contribution in [3.63, 3.8) is 0 Å². The van der Waals surface area contributed by atoms with Crippen LogP contribution in [0.3, 0.4) is 0 Å². The fourth-order valence-corrected chi connectivity index (χ4v) is 1.49. The SMILES string of the molecule is COc1cc(C(C)C)cc(C(C)CO)c1. The Kier molecular flexibility index (Phi) is 4.15. The zero-order valence-electron chi connectivity index (χ0n) is 9.95. The van der Waals surface area contributed by atoms with Crippen LogP contribution in [0.15, 0.2) is 18.2 Å². The summed E-state index contributed by atoms with van der Waals surface area (Å²) in [6.07, 6.45) is 0. The normalized spacial score (nSPS) is 12.9. The molecule has 0 fully saturated rings. The lowest BCUT2D eigenvalue weighted by Crippen LogP contribution is -2.01. The van der Waals surface area contributed by atoms with Crippen LogP contribution in [0.4, 0.5) is 0 Å². The van der Waals surface area contributed by atoms with Gasteiger partial charge in [0, 0.05) is 12.5 Å². The first-order chi connectivity index (χ1) is 7.08. The molecule has 0 saturated carbocycles. The first kappa shape index (κ1) is 12.1. The summed E-state index contributed by atoms with van der Waals surface area (Å²) in [5.74, 6) is 1.51. The van der Waals surface area contributed by atoms with Crippen LogP contribution in [0.5, 0.6) is 5.75 Å². The monoisotopic (exact) mass is 208 g/mol. The maximum Gasteiger partial charge on any atom is 0.119 e. The van der Waals surface area contributed by atoms with Gasteiger partial charge in [-0.15, -0.1) is 0 Å². The Labute approximate surface area is 91.9 Å². The van der Waals surface area contributed by atoms with Crippen molar-refractivity contribution < 1.29 is 9.84 Å². The molecule has 0 radical (unpaired) electrons. The van der Waals surface area contributed by atoms with Crippen LogP contribution in [0.1, 0.15) is 43.7 Å². The Bertz CT molecular complexity index is 318. The van der Waals surface area contributed by atoms with Gasteiger partial charge in [0.15, 0.2) is 0 Å². The quantitative estimate of drug-likeness (QED) is 0.824. The van der Waals surface area contributed by atoms with E-state index in [1.54, 1.807) is 7.11 Å². The number of hydrogen-bond donors (Lipinski definition) is 1. The Morgan fingerprint density at radius 2 is 1.73 bits per heavy atom. The highest BCUT2D eigenvalue weighted by atomic mass is 16.5. The molecule has 1 aromatic rings. The molecule has 0 bridgehead atoms. The van der Waals surface area contributed by atoms with Gasteiger partial charge in [0.1, 0.15) is 5.75 Å². The second-order valence-corrected chi connectivity index (χ2v) is 4.28. The molecule has 1 N–H and O–H groups in total. The van der Waals surface area contributed by atoms with Crippen LogP contribution in [-0.2, 0) is 0 Å². The van der Waals surface area contributed by atoms with Crippen molar-refractivity contribution in [2.75, 3.05) is 13.7 Å². The third-order valence-electron chi connectivity index (χ3n) is 2.70. The van der Waals surface area contributed by atoms with Gasteiger partial charge in [0.05, 0.1) is 7.11 Å². The van der Waals surface area contributed by atoms with Crippen molar-refractivity contribution in [1.29, 1.82) is 0 Å². The van der Waals surface area contributed by atoms with Crippen LogP contribution in [-0.4, -0.2) is 18.8 Å². The molecule has 0 aliphatic carbocycles. The number of ether oxygens (including phenoxy) is 1. The van der Waals surface area contributed by atoms with Gasteiger partial charge in [-0.2, -0.15) is 0 Å². The molecule has 1 rings (SSSR count). The summed E-state index contributed by atoms with van der Waals surface area (Å²) in [6.45, 7) is 6.49. The highest BCUT2D eigenvalue weighted by molar-refractivity contribution is 5.37. The van der Waals surface area contributed by atoms with Crippen LogP contribution in [0.25, 0.3) is 0 Å². The molecule has 1 atom stereocenters. The smallest absolute Gasteiger partial charge is 0.119 e. The first-order valence-corrected chi connectivity index (χ1v) is 5.38. The van der Waals surface area contributed by atoms with Crippen molar-refractivity contribution in [3.8, 4) is 5.75 Å². The van der Waals surface area contributed by atoms with Gasteiger partial charge in [0.2, 0.25) is 0 Å². The molecular formula is C13H20O2. The molecule has 0 saturated heterocycles. The average Bonchev–Trinajstić information content (AvgIpc) is 2.27. The highest BCUT2D eigenvalue weighted by Crippen LogP contribution is 2.26. The third-order valence-corrected chi connectivity index (χ3v) is 2.70. The van der Waals surface area contributed by atoms with E-state index in [-0.39, 0.29) is 12.5 Å².